The van der Waals surface area contributed by atoms with Crippen LogP contribution in [0.1, 0.15) is 51.3 Å². The van der Waals surface area contributed by atoms with Crippen molar-refractivity contribution in [2.24, 2.45) is 11.8 Å². The first-order valence-electron chi connectivity index (χ1n) is 8.20. The fraction of sp³-hybridized carbons (Fsp3) is 0.647. The number of amides is 2. The highest BCUT2D eigenvalue weighted by atomic mass is 16.3. The summed E-state index contributed by atoms with van der Waals surface area (Å²) in [6.07, 6.45) is 5.90. The molecule has 5 nitrogen and oxygen atoms in total. The van der Waals surface area contributed by atoms with E-state index in [1.807, 2.05) is 18.2 Å². The molecule has 1 fully saturated rings. The maximum atomic E-state index is 12.3. The number of carbonyl (C=O) groups excluding carboxylic acids is 1. The number of rotatable bonds is 5. The highest BCUT2D eigenvalue weighted by molar-refractivity contribution is 5.74. The summed E-state index contributed by atoms with van der Waals surface area (Å²) in [5.41, 5.74) is 0.870. The van der Waals surface area contributed by atoms with Crippen molar-refractivity contribution in [3.8, 4) is 0 Å². The van der Waals surface area contributed by atoms with E-state index in [9.17, 15) is 9.90 Å². The highest BCUT2D eigenvalue weighted by Gasteiger charge is 2.27. The molecule has 22 heavy (non-hydrogen) atoms. The maximum absolute atomic E-state index is 12.3. The molecule has 2 rings (SSSR count). The van der Waals surface area contributed by atoms with Crippen LogP contribution >= 0.6 is 0 Å². The third-order valence-corrected chi connectivity index (χ3v) is 4.42. The fourth-order valence-corrected chi connectivity index (χ4v) is 3.11. The van der Waals surface area contributed by atoms with Gasteiger partial charge in [0, 0.05) is 24.8 Å². The van der Waals surface area contributed by atoms with Crippen molar-refractivity contribution in [2.75, 3.05) is 6.61 Å². The summed E-state index contributed by atoms with van der Waals surface area (Å²) in [7, 11) is 0. The normalized spacial score (nSPS) is 23.1. The second kappa shape index (κ2) is 8.13. The van der Waals surface area contributed by atoms with Gasteiger partial charge in [-0.1, -0.05) is 32.8 Å². The molecule has 1 aromatic rings. The van der Waals surface area contributed by atoms with Gasteiger partial charge in [0.1, 0.15) is 0 Å². The van der Waals surface area contributed by atoms with Crippen molar-refractivity contribution in [3.05, 3.63) is 30.1 Å². The van der Waals surface area contributed by atoms with Crippen LogP contribution in [-0.2, 0) is 0 Å². The van der Waals surface area contributed by atoms with Crippen LogP contribution in [0, 0.1) is 11.8 Å². The van der Waals surface area contributed by atoms with Crippen molar-refractivity contribution in [1.29, 1.82) is 0 Å². The van der Waals surface area contributed by atoms with E-state index in [1.54, 1.807) is 6.20 Å². The molecule has 0 bridgehead atoms. The Morgan fingerprint density at radius 1 is 1.36 bits per heavy atom. The average Bonchev–Trinajstić information content (AvgIpc) is 2.53. The van der Waals surface area contributed by atoms with Crippen LogP contribution in [0.3, 0.4) is 0 Å². The first-order chi connectivity index (χ1) is 10.6. The predicted octanol–water partition coefficient (Wildman–Crippen LogP) is 2.63. The lowest BCUT2D eigenvalue weighted by atomic mass is 9.85. The fourth-order valence-electron chi connectivity index (χ4n) is 3.11. The zero-order chi connectivity index (χ0) is 15.9. The average molecular weight is 305 g/mol. The number of aliphatic hydroxyl groups excluding tert-OH is 1. The molecule has 1 heterocycles. The number of nitrogens with one attached hydrogen (secondary N) is 2. The molecule has 0 saturated heterocycles. The summed E-state index contributed by atoms with van der Waals surface area (Å²) in [5.74, 6) is 0.424. The number of urea groups is 1. The standard InChI is InChI=1S/C17H27N3O2/c1-12(2)16(15-9-5-6-10-18-15)20-17(22)19-14-8-4-3-7-13(14)11-21/h5-6,9-10,12-14,16,21H,3-4,7-8,11H2,1-2H3,(H2,19,20,22)/t13-,14+,16-/m1/s1. The molecule has 3 N–H and O–H groups in total. The summed E-state index contributed by atoms with van der Waals surface area (Å²) in [6, 6.07) is 5.51. The first-order valence-corrected chi connectivity index (χ1v) is 8.20. The van der Waals surface area contributed by atoms with E-state index < -0.39 is 0 Å². The molecule has 0 spiro atoms. The van der Waals surface area contributed by atoms with Crippen molar-refractivity contribution in [2.45, 2.75) is 51.6 Å². The van der Waals surface area contributed by atoms with Crippen LogP contribution in [0.15, 0.2) is 24.4 Å². The Morgan fingerprint density at radius 3 is 2.77 bits per heavy atom. The number of hydrogen-bond acceptors (Lipinski definition) is 3. The van der Waals surface area contributed by atoms with Crippen molar-refractivity contribution in [1.82, 2.24) is 15.6 Å². The van der Waals surface area contributed by atoms with Gasteiger partial charge in [0.15, 0.2) is 0 Å². The second-order valence-corrected chi connectivity index (χ2v) is 6.43. The molecule has 0 radical (unpaired) electrons. The molecule has 5 heteroatoms. The molecule has 122 valence electrons. The summed E-state index contributed by atoms with van der Waals surface area (Å²) < 4.78 is 0. The minimum absolute atomic E-state index is 0.0651. The van der Waals surface area contributed by atoms with Gasteiger partial charge >= 0.3 is 6.03 Å². The summed E-state index contributed by atoms with van der Waals surface area (Å²) >= 11 is 0. The van der Waals surface area contributed by atoms with Gasteiger partial charge in [0.2, 0.25) is 0 Å². The number of nitrogens with zero attached hydrogens (tertiary/aromatic N) is 1. The Morgan fingerprint density at radius 2 is 2.14 bits per heavy atom. The van der Waals surface area contributed by atoms with Gasteiger partial charge in [-0.25, -0.2) is 4.79 Å². The topological polar surface area (TPSA) is 74.2 Å². The lowest BCUT2D eigenvalue weighted by Crippen LogP contribution is -2.49. The zero-order valence-corrected chi connectivity index (χ0v) is 13.5. The van der Waals surface area contributed by atoms with E-state index in [0.29, 0.717) is 0 Å². The number of carbonyl (C=O) groups is 1. The van der Waals surface area contributed by atoms with Crippen LogP contribution < -0.4 is 10.6 Å². The van der Waals surface area contributed by atoms with Crippen molar-refractivity contribution >= 4 is 6.03 Å². The van der Waals surface area contributed by atoms with E-state index in [-0.39, 0.29) is 36.6 Å². The Hall–Kier alpha value is -1.62. The van der Waals surface area contributed by atoms with Gasteiger partial charge in [-0.2, -0.15) is 0 Å². The largest absolute Gasteiger partial charge is 0.396 e. The van der Waals surface area contributed by atoms with E-state index in [1.165, 1.54) is 0 Å². The SMILES string of the molecule is CC(C)[C@@H](NC(=O)N[C@H]1CCCC[C@@H]1CO)c1ccccn1. The van der Waals surface area contributed by atoms with Crippen LogP contribution in [0.4, 0.5) is 4.79 Å². The summed E-state index contributed by atoms with van der Waals surface area (Å²) in [6.45, 7) is 4.27. The Labute approximate surface area is 132 Å². The maximum Gasteiger partial charge on any atom is 0.315 e. The predicted molar refractivity (Wildman–Crippen MR) is 86.3 cm³/mol. The Balaban J connectivity index is 1.96. The van der Waals surface area contributed by atoms with Crippen molar-refractivity contribution < 1.29 is 9.90 Å². The molecule has 1 aromatic heterocycles. The minimum Gasteiger partial charge on any atom is -0.396 e. The van der Waals surface area contributed by atoms with Crippen LogP contribution in [0.2, 0.25) is 0 Å². The van der Waals surface area contributed by atoms with Gasteiger partial charge in [0.25, 0.3) is 0 Å². The van der Waals surface area contributed by atoms with Crippen LogP contribution in [0.5, 0.6) is 0 Å². The minimum atomic E-state index is -0.172. The summed E-state index contributed by atoms with van der Waals surface area (Å²) in [4.78, 5) is 16.7. The van der Waals surface area contributed by atoms with E-state index >= 15 is 0 Å². The second-order valence-electron chi connectivity index (χ2n) is 6.43. The van der Waals surface area contributed by atoms with E-state index in [0.717, 1.165) is 31.4 Å². The van der Waals surface area contributed by atoms with Gasteiger partial charge in [0.05, 0.1) is 11.7 Å². The molecular weight excluding hydrogens is 278 g/mol. The monoisotopic (exact) mass is 305 g/mol. The quantitative estimate of drug-likeness (QED) is 0.783. The highest BCUT2D eigenvalue weighted by Crippen LogP contribution is 2.24. The molecule has 0 aromatic carbocycles. The van der Waals surface area contributed by atoms with Crippen LogP contribution in [-0.4, -0.2) is 28.8 Å². The lowest BCUT2D eigenvalue weighted by molar-refractivity contribution is 0.152. The molecular formula is C17H27N3O2. The molecule has 0 aliphatic heterocycles. The number of aliphatic hydroxyl groups is 1. The van der Waals surface area contributed by atoms with E-state index in [4.69, 9.17) is 0 Å². The molecule has 1 aliphatic carbocycles. The van der Waals surface area contributed by atoms with Gasteiger partial charge in [-0.3, -0.25) is 4.98 Å². The Kier molecular flexibility index (Phi) is 6.19. The van der Waals surface area contributed by atoms with E-state index in [2.05, 4.69) is 29.5 Å². The third kappa shape index (κ3) is 4.44. The number of hydrogen-bond donors (Lipinski definition) is 3. The molecule has 1 saturated carbocycles. The molecule has 3 atom stereocenters. The summed E-state index contributed by atoms with van der Waals surface area (Å²) in [5, 5.41) is 15.5. The number of aromatic nitrogens is 1. The molecule has 0 unspecified atom stereocenters. The molecule has 1 aliphatic rings. The Bertz CT molecular complexity index is 464. The molecule has 2 amide bonds. The first kappa shape index (κ1) is 16.7. The number of pyridine rings is 1. The smallest absolute Gasteiger partial charge is 0.315 e. The van der Waals surface area contributed by atoms with Crippen LogP contribution in [0.25, 0.3) is 0 Å². The van der Waals surface area contributed by atoms with Crippen molar-refractivity contribution in [3.63, 3.8) is 0 Å². The zero-order valence-electron chi connectivity index (χ0n) is 13.5. The lowest BCUT2D eigenvalue weighted by Gasteiger charge is -2.32. The third-order valence-electron chi connectivity index (χ3n) is 4.42. The van der Waals surface area contributed by atoms with Gasteiger partial charge < -0.3 is 15.7 Å². The van der Waals surface area contributed by atoms with Gasteiger partial charge in [-0.15, -0.1) is 0 Å². The van der Waals surface area contributed by atoms with Gasteiger partial charge in [-0.05, 0) is 30.9 Å².